The quantitative estimate of drug-likeness (QED) is 0.445. The predicted molar refractivity (Wildman–Crippen MR) is 38.6 cm³/mol. The Labute approximate surface area is 65.0 Å². The van der Waals surface area contributed by atoms with Crippen molar-refractivity contribution in [3.8, 4) is 0 Å². The lowest BCUT2D eigenvalue weighted by Crippen LogP contribution is -2.27. The zero-order valence-corrected chi connectivity index (χ0v) is 6.16. The first kappa shape index (κ1) is 8.23. The molecule has 0 saturated heterocycles. The largest absolute Gasteiger partial charge is 0.434 e. The summed E-state index contributed by atoms with van der Waals surface area (Å²) in [6.45, 7) is 0.409. The smallest absolute Gasteiger partial charge is 0.322 e. The molecule has 0 aromatic carbocycles. The fraction of sp³-hybridized carbons (Fsp3) is 0.571. The average Bonchev–Trinajstić information content (AvgIpc) is 2.06. The van der Waals surface area contributed by atoms with Gasteiger partial charge in [-0.2, -0.15) is 0 Å². The molecule has 2 N–H and O–H groups in total. The van der Waals surface area contributed by atoms with Crippen molar-refractivity contribution in [2.45, 2.75) is 12.7 Å². The van der Waals surface area contributed by atoms with E-state index in [0.29, 0.717) is 13.0 Å². The lowest BCUT2D eigenvalue weighted by atomic mass is 10.3. The van der Waals surface area contributed by atoms with Crippen LogP contribution in [0.1, 0.15) is 6.42 Å². The summed E-state index contributed by atoms with van der Waals surface area (Å²) in [4.78, 5) is 10.6. The van der Waals surface area contributed by atoms with Crippen LogP contribution in [0.15, 0.2) is 12.2 Å². The van der Waals surface area contributed by atoms with E-state index in [1.165, 1.54) is 0 Å². The molecule has 0 aromatic rings. The highest BCUT2D eigenvalue weighted by Gasteiger charge is 2.13. The van der Waals surface area contributed by atoms with Gasteiger partial charge in [-0.15, -0.1) is 0 Å². The standard InChI is InChI=1S/C7H11NO3/c8-5-6(9)11-7-3-1-2-4-10-7/h1-2,7H,3-5,8H2. The van der Waals surface area contributed by atoms with E-state index in [1.807, 2.05) is 12.2 Å². The number of carbonyl (C=O) groups excluding carboxylic acids is 1. The monoisotopic (exact) mass is 157 g/mol. The molecular formula is C7H11NO3. The molecule has 0 fully saturated rings. The van der Waals surface area contributed by atoms with Crippen molar-refractivity contribution in [3.05, 3.63) is 12.2 Å². The van der Waals surface area contributed by atoms with Gasteiger partial charge in [0.1, 0.15) is 0 Å². The van der Waals surface area contributed by atoms with E-state index < -0.39 is 12.3 Å². The maximum atomic E-state index is 10.6. The number of esters is 1. The Hall–Kier alpha value is -0.870. The van der Waals surface area contributed by atoms with Gasteiger partial charge in [0.15, 0.2) is 0 Å². The van der Waals surface area contributed by atoms with Gasteiger partial charge in [0.25, 0.3) is 0 Å². The summed E-state index contributed by atoms with van der Waals surface area (Å²) >= 11 is 0. The van der Waals surface area contributed by atoms with Gasteiger partial charge >= 0.3 is 5.97 Å². The van der Waals surface area contributed by atoms with Crippen molar-refractivity contribution in [1.82, 2.24) is 0 Å². The molecule has 1 aliphatic rings. The van der Waals surface area contributed by atoms with Crippen LogP contribution in [-0.2, 0) is 14.3 Å². The van der Waals surface area contributed by atoms with Crippen LogP contribution in [0.5, 0.6) is 0 Å². The van der Waals surface area contributed by atoms with Crippen LogP contribution in [0.25, 0.3) is 0 Å². The summed E-state index contributed by atoms with van der Waals surface area (Å²) in [5.74, 6) is -0.426. The molecule has 0 aliphatic carbocycles. The highest BCUT2D eigenvalue weighted by Crippen LogP contribution is 2.06. The van der Waals surface area contributed by atoms with Gasteiger partial charge in [-0.05, 0) is 0 Å². The second kappa shape index (κ2) is 4.10. The fourth-order valence-corrected chi connectivity index (χ4v) is 0.783. The summed E-state index contributed by atoms with van der Waals surface area (Å²) in [6.07, 6.45) is 3.98. The molecule has 0 spiro atoms. The molecule has 1 atom stereocenters. The lowest BCUT2D eigenvalue weighted by Gasteiger charge is -2.18. The molecule has 1 rings (SSSR count). The summed E-state index contributed by atoms with van der Waals surface area (Å²) < 4.78 is 9.87. The molecule has 0 aromatic heterocycles. The van der Waals surface area contributed by atoms with Gasteiger partial charge in [0.2, 0.25) is 6.29 Å². The third-order valence-corrected chi connectivity index (χ3v) is 1.30. The summed E-state index contributed by atoms with van der Waals surface area (Å²) in [5, 5.41) is 0. The highest BCUT2D eigenvalue weighted by atomic mass is 16.7. The maximum absolute atomic E-state index is 10.6. The van der Waals surface area contributed by atoms with E-state index in [1.54, 1.807) is 0 Å². The molecule has 4 nitrogen and oxygen atoms in total. The number of hydrogen-bond acceptors (Lipinski definition) is 4. The molecule has 0 radical (unpaired) electrons. The predicted octanol–water partition coefficient (Wildman–Crippen LogP) is -0.209. The Morgan fingerprint density at radius 3 is 3.09 bits per heavy atom. The summed E-state index contributed by atoms with van der Waals surface area (Å²) in [5.41, 5.74) is 5.04. The first-order chi connectivity index (χ1) is 5.33. The molecule has 0 saturated carbocycles. The molecule has 62 valence electrons. The lowest BCUT2D eigenvalue weighted by molar-refractivity contribution is -0.175. The Morgan fingerprint density at radius 2 is 2.55 bits per heavy atom. The van der Waals surface area contributed by atoms with Crippen LogP contribution < -0.4 is 5.73 Å². The van der Waals surface area contributed by atoms with E-state index in [2.05, 4.69) is 0 Å². The average molecular weight is 157 g/mol. The SMILES string of the molecule is NCC(=O)OC1CC=CCO1. The third kappa shape index (κ3) is 2.69. The van der Waals surface area contributed by atoms with E-state index >= 15 is 0 Å². The molecule has 11 heavy (non-hydrogen) atoms. The maximum Gasteiger partial charge on any atom is 0.322 e. The summed E-state index contributed by atoms with van der Waals surface area (Å²) in [7, 11) is 0. The van der Waals surface area contributed by atoms with Crippen LogP contribution in [-0.4, -0.2) is 25.4 Å². The van der Waals surface area contributed by atoms with Gasteiger partial charge in [-0.1, -0.05) is 12.2 Å². The third-order valence-electron chi connectivity index (χ3n) is 1.30. The minimum atomic E-state index is -0.434. The number of hydrogen-bond donors (Lipinski definition) is 1. The van der Waals surface area contributed by atoms with Gasteiger partial charge in [0, 0.05) is 6.42 Å². The van der Waals surface area contributed by atoms with Crippen LogP contribution in [0.3, 0.4) is 0 Å². The summed E-state index contributed by atoms with van der Waals surface area (Å²) in [6, 6.07) is 0. The van der Waals surface area contributed by atoms with Gasteiger partial charge in [0.05, 0.1) is 13.2 Å². The second-order valence-corrected chi connectivity index (χ2v) is 2.16. The van der Waals surface area contributed by atoms with Crippen molar-refractivity contribution < 1.29 is 14.3 Å². The van der Waals surface area contributed by atoms with E-state index in [4.69, 9.17) is 15.2 Å². The zero-order valence-electron chi connectivity index (χ0n) is 6.16. The molecule has 1 heterocycles. The number of nitrogens with two attached hydrogens (primary N) is 1. The number of rotatable bonds is 2. The minimum Gasteiger partial charge on any atom is -0.434 e. The van der Waals surface area contributed by atoms with Gasteiger partial charge < -0.3 is 15.2 Å². The van der Waals surface area contributed by atoms with Crippen LogP contribution in [0.2, 0.25) is 0 Å². The van der Waals surface area contributed by atoms with Gasteiger partial charge in [-0.3, -0.25) is 4.79 Å². The first-order valence-corrected chi connectivity index (χ1v) is 3.49. The van der Waals surface area contributed by atoms with Gasteiger partial charge in [-0.25, -0.2) is 0 Å². The molecule has 0 bridgehead atoms. The van der Waals surface area contributed by atoms with Crippen LogP contribution in [0, 0.1) is 0 Å². The van der Waals surface area contributed by atoms with Crippen molar-refractivity contribution in [3.63, 3.8) is 0 Å². The molecule has 1 unspecified atom stereocenters. The van der Waals surface area contributed by atoms with E-state index in [-0.39, 0.29) is 6.54 Å². The highest BCUT2D eigenvalue weighted by molar-refractivity contribution is 5.71. The minimum absolute atomic E-state index is 0.0937. The second-order valence-electron chi connectivity index (χ2n) is 2.16. The normalized spacial score (nSPS) is 23.2. The zero-order chi connectivity index (χ0) is 8.10. The van der Waals surface area contributed by atoms with Crippen molar-refractivity contribution in [1.29, 1.82) is 0 Å². The Bertz CT molecular complexity index is 167. The molecule has 0 amide bonds. The van der Waals surface area contributed by atoms with E-state index in [0.717, 1.165) is 0 Å². The Morgan fingerprint density at radius 1 is 1.73 bits per heavy atom. The van der Waals surface area contributed by atoms with Crippen molar-refractivity contribution >= 4 is 5.97 Å². The molecule has 1 aliphatic heterocycles. The first-order valence-electron chi connectivity index (χ1n) is 3.49. The fourth-order valence-electron chi connectivity index (χ4n) is 0.783. The van der Waals surface area contributed by atoms with Crippen LogP contribution in [0.4, 0.5) is 0 Å². The Balaban J connectivity index is 2.26. The van der Waals surface area contributed by atoms with Crippen molar-refractivity contribution in [2.75, 3.05) is 13.2 Å². The number of ether oxygens (including phenoxy) is 2. The number of carbonyl (C=O) groups is 1. The topological polar surface area (TPSA) is 61.6 Å². The molecular weight excluding hydrogens is 146 g/mol. The Kier molecular flexibility index (Phi) is 3.07. The van der Waals surface area contributed by atoms with Crippen molar-refractivity contribution in [2.24, 2.45) is 5.73 Å². The van der Waals surface area contributed by atoms with E-state index in [9.17, 15) is 4.79 Å². The van der Waals surface area contributed by atoms with Crippen LogP contribution >= 0.6 is 0 Å². The molecule has 4 heteroatoms.